The van der Waals surface area contributed by atoms with Crippen LogP contribution in [-0.4, -0.2) is 53.4 Å². The molecule has 0 saturated carbocycles. The second-order valence-electron chi connectivity index (χ2n) is 6.64. The number of rotatable bonds is 7. The minimum atomic E-state index is -0.224. The molecular formula is C17H25N5O3. The summed E-state index contributed by atoms with van der Waals surface area (Å²) in [6.07, 6.45) is 3.86. The predicted molar refractivity (Wildman–Crippen MR) is 93.5 cm³/mol. The maximum Gasteiger partial charge on any atom is 0.350 e. The highest BCUT2D eigenvalue weighted by Crippen LogP contribution is 2.28. The minimum absolute atomic E-state index is 0.00438. The molecule has 0 spiro atoms. The van der Waals surface area contributed by atoms with Crippen molar-refractivity contribution in [3.63, 3.8) is 0 Å². The summed E-state index contributed by atoms with van der Waals surface area (Å²) in [4.78, 5) is 24.4. The molecule has 0 atom stereocenters. The Morgan fingerprint density at radius 2 is 2.20 bits per heavy atom. The van der Waals surface area contributed by atoms with Gasteiger partial charge in [-0.2, -0.15) is 0 Å². The average Bonchev–Trinajstić information content (AvgIpc) is 2.96. The molecule has 1 saturated heterocycles. The van der Waals surface area contributed by atoms with Crippen LogP contribution in [-0.2, 0) is 16.1 Å². The van der Waals surface area contributed by atoms with Gasteiger partial charge in [-0.05, 0) is 38.1 Å². The van der Waals surface area contributed by atoms with Crippen molar-refractivity contribution in [3.05, 3.63) is 34.9 Å². The molecule has 2 aromatic heterocycles. The van der Waals surface area contributed by atoms with E-state index in [9.17, 15) is 9.59 Å². The summed E-state index contributed by atoms with van der Waals surface area (Å²) in [7, 11) is 1.70. The molecule has 0 aliphatic carbocycles. The number of carbonyl (C=O) groups excluding carboxylic acids is 1. The second kappa shape index (κ2) is 7.79. The van der Waals surface area contributed by atoms with E-state index in [1.54, 1.807) is 25.4 Å². The van der Waals surface area contributed by atoms with Gasteiger partial charge < -0.3 is 15.4 Å². The largest absolute Gasteiger partial charge is 0.384 e. The molecule has 3 heterocycles. The fourth-order valence-corrected chi connectivity index (χ4v) is 3.33. The third-order valence-electron chi connectivity index (χ3n) is 4.81. The van der Waals surface area contributed by atoms with Crippen LogP contribution >= 0.6 is 0 Å². The highest BCUT2D eigenvalue weighted by Gasteiger charge is 2.32. The SMILES string of the molecule is COCC1(CNC(=O)CCn2nc3ccccn3c2=O)CCNCC1. The molecule has 1 aliphatic rings. The van der Waals surface area contributed by atoms with Crippen molar-refractivity contribution in [1.82, 2.24) is 24.8 Å². The van der Waals surface area contributed by atoms with E-state index >= 15 is 0 Å². The van der Waals surface area contributed by atoms with Gasteiger partial charge in [0.05, 0.1) is 13.2 Å². The first kappa shape index (κ1) is 17.6. The van der Waals surface area contributed by atoms with Gasteiger partial charge in [0.1, 0.15) is 0 Å². The summed E-state index contributed by atoms with van der Waals surface area (Å²) in [6, 6.07) is 5.37. The Bertz CT molecular complexity index is 770. The Kier molecular flexibility index (Phi) is 5.50. The number of pyridine rings is 1. The number of carbonyl (C=O) groups is 1. The third kappa shape index (κ3) is 4.08. The number of aryl methyl sites for hydroxylation is 1. The summed E-state index contributed by atoms with van der Waals surface area (Å²) in [6.45, 7) is 3.39. The summed E-state index contributed by atoms with van der Waals surface area (Å²) in [5.41, 5.74) is 0.356. The molecule has 8 heteroatoms. The Hall–Kier alpha value is -2.19. The maximum absolute atomic E-state index is 12.2. The van der Waals surface area contributed by atoms with E-state index in [2.05, 4.69) is 15.7 Å². The van der Waals surface area contributed by atoms with E-state index in [-0.39, 0.29) is 30.0 Å². The summed E-state index contributed by atoms with van der Waals surface area (Å²) >= 11 is 0. The molecule has 0 radical (unpaired) electrons. The van der Waals surface area contributed by atoms with Crippen molar-refractivity contribution >= 4 is 11.6 Å². The summed E-state index contributed by atoms with van der Waals surface area (Å²) < 4.78 is 8.17. The molecule has 1 fully saturated rings. The molecule has 8 nitrogen and oxygen atoms in total. The first-order chi connectivity index (χ1) is 12.1. The topological polar surface area (TPSA) is 89.7 Å². The van der Waals surface area contributed by atoms with E-state index < -0.39 is 0 Å². The van der Waals surface area contributed by atoms with Crippen LogP contribution in [0.15, 0.2) is 29.2 Å². The van der Waals surface area contributed by atoms with Crippen molar-refractivity contribution in [1.29, 1.82) is 0 Å². The molecule has 0 aromatic carbocycles. The van der Waals surface area contributed by atoms with Gasteiger partial charge in [-0.15, -0.1) is 5.10 Å². The number of hydrogen-bond acceptors (Lipinski definition) is 5. The highest BCUT2D eigenvalue weighted by atomic mass is 16.5. The summed E-state index contributed by atoms with van der Waals surface area (Å²) in [5.74, 6) is -0.0713. The average molecular weight is 347 g/mol. The number of fused-ring (bicyclic) bond motifs is 1. The fourth-order valence-electron chi connectivity index (χ4n) is 3.33. The lowest BCUT2D eigenvalue weighted by Gasteiger charge is -2.37. The number of aromatic nitrogens is 3. The molecule has 1 aliphatic heterocycles. The number of piperidine rings is 1. The van der Waals surface area contributed by atoms with Gasteiger partial charge in [-0.1, -0.05) is 6.07 Å². The summed E-state index contributed by atoms with van der Waals surface area (Å²) in [5, 5.41) is 10.6. The molecule has 2 aromatic rings. The number of ether oxygens (including phenoxy) is 1. The van der Waals surface area contributed by atoms with E-state index in [4.69, 9.17) is 4.74 Å². The second-order valence-corrected chi connectivity index (χ2v) is 6.64. The van der Waals surface area contributed by atoms with Gasteiger partial charge in [-0.3, -0.25) is 9.20 Å². The predicted octanol–water partition coefficient (Wildman–Crippen LogP) is 0.0185. The molecule has 3 rings (SSSR count). The van der Waals surface area contributed by atoms with Crippen LogP contribution in [0.25, 0.3) is 5.65 Å². The Morgan fingerprint density at radius 1 is 1.40 bits per heavy atom. The first-order valence-electron chi connectivity index (χ1n) is 8.64. The van der Waals surface area contributed by atoms with E-state index in [0.717, 1.165) is 25.9 Å². The fraction of sp³-hybridized carbons (Fsp3) is 0.588. The first-order valence-corrected chi connectivity index (χ1v) is 8.64. The quantitative estimate of drug-likeness (QED) is 0.737. The number of methoxy groups -OCH3 is 1. The normalized spacial score (nSPS) is 16.8. The van der Waals surface area contributed by atoms with E-state index in [1.807, 2.05) is 6.07 Å². The lowest BCUT2D eigenvalue weighted by atomic mass is 9.79. The lowest BCUT2D eigenvalue weighted by molar-refractivity contribution is -0.122. The van der Waals surface area contributed by atoms with Crippen LogP contribution in [0.2, 0.25) is 0 Å². The maximum atomic E-state index is 12.2. The number of amides is 1. The van der Waals surface area contributed by atoms with E-state index in [0.29, 0.717) is 18.8 Å². The van der Waals surface area contributed by atoms with Gasteiger partial charge in [-0.25, -0.2) is 9.48 Å². The van der Waals surface area contributed by atoms with Crippen molar-refractivity contribution in [2.24, 2.45) is 5.41 Å². The van der Waals surface area contributed by atoms with Gasteiger partial charge >= 0.3 is 5.69 Å². The molecular weight excluding hydrogens is 322 g/mol. The Labute approximate surface area is 146 Å². The zero-order valence-corrected chi connectivity index (χ0v) is 14.5. The third-order valence-corrected chi connectivity index (χ3v) is 4.81. The Morgan fingerprint density at radius 3 is 2.92 bits per heavy atom. The van der Waals surface area contributed by atoms with Gasteiger partial charge in [0.15, 0.2) is 5.65 Å². The Balaban J connectivity index is 1.55. The molecule has 0 unspecified atom stereocenters. The highest BCUT2D eigenvalue weighted by molar-refractivity contribution is 5.75. The van der Waals surface area contributed by atoms with Crippen molar-refractivity contribution in [3.8, 4) is 0 Å². The molecule has 25 heavy (non-hydrogen) atoms. The molecule has 136 valence electrons. The van der Waals surface area contributed by atoms with Crippen LogP contribution in [0.5, 0.6) is 0 Å². The number of hydrogen-bond donors (Lipinski definition) is 2. The van der Waals surface area contributed by atoms with E-state index in [1.165, 1.54) is 9.08 Å². The smallest absolute Gasteiger partial charge is 0.350 e. The molecule has 1 amide bonds. The van der Waals surface area contributed by atoms with Gasteiger partial charge in [0.25, 0.3) is 0 Å². The van der Waals surface area contributed by atoms with Gasteiger partial charge in [0.2, 0.25) is 5.91 Å². The molecule has 2 N–H and O–H groups in total. The number of nitrogens with zero attached hydrogens (tertiary/aromatic N) is 3. The standard InChI is InChI=1S/C17H25N5O3/c1-25-13-17(6-8-18-9-7-17)12-19-15(23)5-11-22-16(24)21-10-3-2-4-14(21)20-22/h2-4,10,18H,5-9,11-13H2,1H3,(H,19,23). The number of nitrogens with one attached hydrogen (secondary N) is 2. The van der Waals surface area contributed by atoms with Crippen molar-refractivity contribution in [2.45, 2.75) is 25.8 Å². The zero-order valence-electron chi connectivity index (χ0n) is 14.5. The van der Waals surface area contributed by atoms with Gasteiger partial charge in [0, 0.05) is 31.7 Å². The van der Waals surface area contributed by atoms with Crippen LogP contribution in [0, 0.1) is 5.41 Å². The molecule has 0 bridgehead atoms. The van der Waals surface area contributed by atoms with Crippen molar-refractivity contribution in [2.75, 3.05) is 33.4 Å². The van der Waals surface area contributed by atoms with Crippen LogP contribution in [0.1, 0.15) is 19.3 Å². The monoisotopic (exact) mass is 347 g/mol. The van der Waals surface area contributed by atoms with Crippen LogP contribution < -0.4 is 16.3 Å². The van der Waals surface area contributed by atoms with Crippen molar-refractivity contribution < 1.29 is 9.53 Å². The van der Waals surface area contributed by atoms with Crippen LogP contribution in [0.3, 0.4) is 0 Å². The van der Waals surface area contributed by atoms with Crippen LogP contribution in [0.4, 0.5) is 0 Å². The zero-order chi connectivity index (χ0) is 17.7. The lowest BCUT2D eigenvalue weighted by Crippen LogP contribution is -2.47. The minimum Gasteiger partial charge on any atom is -0.384 e.